The van der Waals surface area contributed by atoms with Crippen LogP contribution in [-0.4, -0.2) is 14.8 Å². The molecule has 6 heteroatoms. The quantitative estimate of drug-likeness (QED) is 0.811. The van der Waals surface area contributed by atoms with E-state index in [0.29, 0.717) is 10.3 Å². The Balaban J connectivity index is 2.59. The molecule has 0 aliphatic carbocycles. The zero-order valence-electron chi connectivity index (χ0n) is 9.28. The standard InChI is InChI=1S/C11H10BrCl2N3/c1-6(2)10-15-16-11(14)17(10)7-3-4-9(13)8(12)5-7/h3-6H,1-2H3. The van der Waals surface area contributed by atoms with Crippen LogP contribution < -0.4 is 0 Å². The number of aromatic nitrogens is 3. The van der Waals surface area contributed by atoms with Crippen LogP contribution in [0.1, 0.15) is 25.6 Å². The average molecular weight is 335 g/mol. The number of halogens is 3. The van der Waals surface area contributed by atoms with E-state index < -0.39 is 0 Å². The summed E-state index contributed by atoms with van der Waals surface area (Å²) in [4.78, 5) is 0. The SMILES string of the molecule is CC(C)c1nnc(Cl)n1-c1ccc(Cl)c(Br)c1. The predicted octanol–water partition coefficient (Wildman–Crippen LogP) is 4.46. The van der Waals surface area contributed by atoms with E-state index in [0.717, 1.165) is 16.0 Å². The first-order chi connectivity index (χ1) is 8.00. The Bertz CT molecular complexity index is 552. The molecule has 0 saturated heterocycles. The molecule has 0 unspecified atom stereocenters. The van der Waals surface area contributed by atoms with Gasteiger partial charge in [0.25, 0.3) is 0 Å². The Hall–Kier alpha value is -0.580. The van der Waals surface area contributed by atoms with Crippen LogP contribution in [0.3, 0.4) is 0 Å². The van der Waals surface area contributed by atoms with E-state index in [1.54, 1.807) is 6.07 Å². The molecule has 0 radical (unpaired) electrons. The van der Waals surface area contributed by atoms with E-state index in [9.17, 15) is 0 Å². The van der Waals surface area contributed by atoms with Crippen molar-refractivity contribution in [1.29, 1.82) is 0 Å². The maximum absolute atomic E-state index is 6.06. The summed E-state index contributed by atoms with van der Waals surface area (Å²) in [5, 5.41) is 8.98. The third kappa shape index (κ3) is 2.49. The maximum atomic E-state index is 6.06. The number of hydrogen-bond acceptors (Lipinski definition) is 2. The number of benzene rings is 1. The van der Waals surface area contributed by atoms with Crippen LogP contribution in [0.15, 0.2) is 22.7 Å². The third-order valence-electron chi connectivity index (χ3n) is 2.33. The highest BCUT2D eigenvalue weighted by atomic mass is 79.9. The largest absolute Gasteiger partial charge is 0.270 e. The molecular weight excluding hydrogens is 325 g/mol. The van der Waals surface area contributed by atoms with Gasteiger partial charge in [0.1, 0.15) is 5.82 Å². The van der Waals surface area contributed by atoms with Crippen LogP contribution in [-0.2, 0) is 0 Å². The molecule has 0 aliphatic rings. The lowest BCUT2D eigenvalue weighted by atomic mass is 10.2. The van der Waals surface area contributed by atoms with Gasteiger partial charge in [0.15, 0.2) is 0 Å². The van der Waals surface area contributed by atoms with Gasteiger partial charge in [-0.05, 0) is 45.7 Å². The molecule has 0 fully saturated rings. The molecule has 1 aromatic carbocycles. The number of rotatable bonds is 2. The second-order valence-electron chi connectivity index (χ2n) is 3.92. The van der Waals surface area contributed by atoms with Crippen molar-refractivity contribution in [2.75, 3.05) is 0 Å². The first-order valence-electron chi connectivity index (χ1n) is 5.07. The summed E-state index contributed by atoms with van der Waals surface area (Å²) in [5.74, 6) is 1.06. The molecule has 0 spiro atoms. The van der Waals surface area contributed by atoms with Crippen molar-refractivity contribution < 1.29 is 0 Å². The monoisotopic (exact) mass is 333 g/mol. The van der Waals surface area contributed by atoms with Gasteiger partial charge in [0.2, 0.25) is 5.28 Å². The van der Waals surface area contributed by atoms with Gasteiger partial charge in [-0.1, -0.05) is 25.4 Å². The van der Waals surface area contributed by atoms with Crippen LogP contribution in [0.5, 0.6) is 0 Å². The van der Waals surface area contributed by atoms with E-state index in [4.69, 9.17) is 23.2 Å². The van der Waals surface area contributed by atoms with Gasteiger partial charge in [-0.3, -0.25) is 4.57 Å². The summed E-state index contributed by atoms with van der Waals surface area (Å²) in [7, 11) is 0. The lowest BCUT2D eigenvalue weighted by Crippen LogP contribution is -2.03. The minimum Gasteiger partial charge on any atom is -0.270 e. The molecule has 0 N–H and O–H groups in total. The summed E-state index contributed by atoms with van der Waals surface area (Å²) >= 11 is 15.4. The number of hydrogen-bond donors (Lipinski definition) is 0. The van der Waals surface area contributed by atoms with Crippen molar-refractivity contribution in [3.05, 3.63) is 38.8 Å². The number of nitrogens with zero attached hydrogens (tertiary/aromatic N) is 3. The summed E-state index contributed by atoms with van der Waals surface area (Å²) in [6.07, 6.45) is 0. The molecule has 0 atom stereocenters. The van der Waals surface area contributed by atoms with Gasteiger partial charge < -0.3 is 0 Å². The van der Waals surface area contributed by atoms with E-state index >= 15 is 0 Å². The molecule has 17 heavy (non-hydrogen) atoms. The fourth-order valence-electron chi connectivity index (χ4n) is 1.51. The third-order valence-corrected chi connectivity index (χ3v) is 3.78. The highest BCUT2D eigenvalue weighted by Gasteiger charge is 2.15. The van der Waals surface area contributed by atoms with E-state index in [1.165, 1.54) is 0 Å². The Morgan fingerprint density at radius 3 is 2.53 bits per heavy atom. The lowest BCUT2D eigenvalue weighted by Gasteiger charge is -2.10. The average Bonchev–Trinajstić information content (AvgIpc) is 2.64. The molecule has 0 saturated carbocycles. The van der Waals surface area contributed by atoms with E-state index in [1.807, 2.05) is 30.5 Å². The summed E-state index contributed by atoms with van der Waals surface area (Å²) in [5.41, 5.74) is 0.889. The lowest BCUT2D eigenvalue weighted by molar-refractivity contribution is 0.745. The Morgan fingerprint density at radius 2 is 1.94 bits per heavy atom. The normalized spacial score (nSPS) is 11.2. The van der Waals surface area contributed by atoms with Crippen molar-refractivity contribution in [2.45, 2.75) is 19.8 Å². The Morgan fingerprint density at radius 1 is 1.24 bits per heavy atom. The van der Waals surface area contributed by atoms with Crippen LogP contribution in [0.2, 0.25) is 10.3 Å². The fourth-order valence-corrected chi connectivity index (χ4v) is 2.22. The minimum absolute atomic E-state index is 0.240. The second-order valence-corrected chi connectivity index (χ2v) is 5.52. The fraction of sp³-hybridized carbons (Fsp3) is 0.273. The van der Waals surface area contributed by atoms with Gasteiger partial charge in [-0.25, -0.2) is 0 Å². The maximum Gasteiger partial charge on any atom is 0.229 e. The molecule has 0 aliphatic heterocycles. The predicted molar refractivity (Wildman–Crippen MR) is 73.2 cm³/mol. The molecular formula is C11H10BrCl2N3. The Labute approximate surface area is 118 Å². The summed E-state index contributed by atoms with van der Waals surface area (Å²) in [6.45, 7) is 4.09. The topological polar surface area (TPSA) is 30.7 Å². The van der Waals surface area contributed by atoms with Gasteiger partial charge in [-0.2, -0.15) is 0 Å². The molecule has 0 amide bonds. The van der Waals surface area contributed by atoms with Crippen molar-refractivity contribution in [3.63, 3.8) is 0 Å². The van der Waals surface area contributed by atoms with Crippen molar-refractivity contribution in [2.24, 2.45) is 0 Å². The molecule has 1 heterocycles. The van der Waals surface area contributed by atoms with E-state index in [-0.39, 0.29) is 5.92 Å². The van der Waals surface area contributed by atoms with Crippen LogP contribution in [0, 0.1) is 0 Å². The first-order valence-corrected chi connectivity index (χ1v) is 6.62. The van der Waals surface area contributed by atoms with Crippen LogP contribution in [0.4, 0.5) is 0 Å². The zero-order chi connectivity index (χ0) is 12.6. The van der Waals surface area contributed by atoms with Crippen molar-refractivity contribution >= 4 is 39.1 Å². The molecule has 1 aromatic heterocycles. The molecule has 3 nitrogen and oxygen atoms in total. The molecule has 90 valence electrons. The second kappa shape index (κ2) is 4.96. The van der Waals surface area contributed by atoms with Crippen LogP contribution in [0.25, 0.3) is 5.69 Å². The molecule has 2 rings (SSSR count). The smallest absolute Gasteiger partial charge is 0.229 e. The minimum atomic E-state index is 0.240. The highest BCUT2D eigenvalue weighted by molar-refractivity contribution is 9.10. The van der Waals surface area contributed by atoms with Gasteiger partial charge in [0, 0.05) is 10.4 Å². The first kappa shape index (κ1) is 12.9. The van der Waals surface area contributed by atoms with Crippen molar-refractivity contribution in [1.82, 2.24) is 14.8 Å². The van der Waals surface area contributed by atoms with Crippen LogP contribution >= 0.6 is 39.1 Å². The van der Waals surface area contributed by atoms with Crippen molar-refractivity contribution in [3.8, 4) is 5.69 Å². The molecule has 2 aromatic rings. The summed E-state index contributed by atoms with van der Waals surface area (Å²) in [6, 6.07) is 5.58. The van der Waals surface area contributed by atoms with Gasteiger partial charge in [-0.15, -0.1) is 10.2 Å². The van der Waals surface area contributed by atoms with E-state index in [2.05, 4.69) is 26.1 Å². The Kier molecular flexibility index (Phi) is 3.76. The zero-order valence-corrected chi connectivity index (χ0v) is 12.4. The highest BCUT2D eigenvalue weighted by Crippen LogP contribution is 2.28. The van der Waals surface area contributed by atoms with Gasteiger partial charge in [0.05, 0.1) is 10.7 Å². The van der Waals surface area contributed by atoms with Gasteiger partial charge >= 0.3 is 0 Å². The summed E-state index contributed by atoms with van der Waals surface area (Å²) < 4.78 is 2.63. The molecule has 0 bridgehead atoms.